The zero-order valence-corrected chi connectivity index (χ0v) is 36.0. The van der Waals surface area contributed by atoms with Crippen molar-refractivity contribution >= 4 is 136 Å². The molecule has 0 heterocycles. The van der Waals surface area contributed by atoms with E-state index in [0.717, 1.165) is 51.1 Å². The van der Waals surface area contributed by atoms with Gasteiger partial charge in [0, 0.05) is 18.0 Å². The zero-order chi connectivity index (χ0) is 30.7. The lowest BCUT2D eigenvalue weighted by Gasteiger charge is -2.48. The fourth-order valence-electron chi connectivity index (χ4n) is 6.38. The molecule has 3 N–H and O–H groups in total. The number of phenolic OH excluding ortho intramolecular Hbond substituents is 3. The second kappa shape index (κ2) is 13.0. The van der Waals surface area contributed by atoms with E-state index in [1.807, 2.05) is 13.8 Å². The third-order valence-electron chi connectivity index (χ3n) is 8.97. The van der Waals surface area contributed by atoms with Gasteiger partial charge in [0.15, 0.2) is 0 Å². The van der Waals surface area contributed by atoms with E-state index >= 15 is 0 Å². The molecule has 1 fully saturated rings. The number of aromatic hydroxyl groups is 3. The smallest absolute Gasteiger partial charge is 0.142 e. The Labute approximate surface area is 329 Å². The maximum Gasteiger partial charge on any atom is 0.142 e. The average molecular weight is 1230 g/mol. The molecule has 3 nitrogen and oxygen atoms in total. The van der Waals surface area contributed by atoms with Crippen molar-refractivity contribution in [3.05, 3.63) is 109 Å². The molecule has 0 atom stereocenters. The molecule has 1 saturated carbocycles. The first-order chi connectivity index (χ1) is 19.7. The van der Waals surface area contributed by atoms with Gasteiger partial charge in [0.05, 0.1) is 14.3 Å². The summed E-state index contributed by atoms with van der Waals surface area (Å²) >= 11 is 13.9. The molecule has 0 bridgehead atoms. The molecule has 42 heavy (non-hydrogen) atoms. The molecule has 4 aromatic carbocycles. The summed E-state index contributed by atoms with van der Waals surface area (Å²) in [6.45, 7) is 6.15. The van der Waals surface area contributed by atoms with Crippen LogP contribution in [0.3, 0.4) is 0 Å². The quantitative estimate of drug-likeness (QED) is 0.179. The standard InChI is InChI=1S/C33H28I6O3/c1-16-8-19(12-25(36)29(16)40)32(21-10-23(34)18(3)24(35)11-21)4-6-33(7-5-32,20-9-17(2)30(41)26(37)13-20)22-14-27(38)31(42)28(39)15-22/h8-15,40-42H,4-7H2,1-3H3. The summed E-state index contributed by atoms with van der Waals surface area (Å²) in [5.74, 6) is 1.03. The minimum Gasteiger partial charge on any atom is -0.507 e. The molecule has 0 amide bonds. The van der Waals surface area contributed by atoms with Crippen LogP contribution < -0.4 is 0 Å². The Bertz CT molecular complexity index is 1390. The molecule has 1 aliphatic rings. The fourth-order valence-corrected chi connectivity index (χ4v) is 11.4. The third kappa shape index (κ3) is 6.07. The van der Waals surface area contributed by atoms with E-state index in [9.17, 15) is 15.3 Å². The minimum absolute atomic E-state index is 0.230. The second-order valence-corrected chi connectivity index (χ2v) is 18.2. The Balaban J connectivity index is 1.75. The van der Waals surface area contributed by atoms with Crippen molar-refractivity contribution in [1.82, 2.24) is 0 Å². The third-order valence-corrected chi connectivity index (χ3v) is 14.5. The van der Waals surface area contributed by atoms with Gasteiger partial charge in [-0.15, -0.1) is 0 Å². The van der Waals surface area contributed by atoms with Crippen LogP contribution in [-0.4, -0.2) is 15.3 Å². The summed E-state index contributed by atoms with van der Waals surface area (Å²) in [7, 11) is 0. The first-order valence-corrected chi connectivity index (χ1v) is 19.8. The molecule has 220 valence electrons. The van der Waals surface area contributed by atoms with Gasteiger partial charge in [-0.3, -0.25) is 0 Å². The van der Waals surface area contributed by atoms with Crippen molar-refractivity contribution in [2.24, 2.45) is 0 Å². The monoisotopic (exact) mass is 1230 g/mol. The van der Waals surface area contributed by atoms with Crippen LogP contribution in [0.4, 0.5) is 0 Å². The molecular weight excluding hydrogens is 1210 g/mol. The molecule has 1 aliphatic carbocycles. The van der Waals surface area contributed by atoms with Crippen molar-refractivity contribution in [1.29, 1.82) is 0 Å². The summed E-state index contributed by atoms with van der Waals surface area (Å²) in [4.78, 5) is 0. The van der Waals surface area contributed by atoms with E-state index in [0.29, 0.717) is 17.2 Å². The van der Waals surface area contributed by atoms with E-state index < -0.39 is 0 Å². The SMILES string of the molecule is Cc1cc(C2(c3cc(I)c(C)c(I)c3)CCC(c3cc(C)c(O)c(I)c3)(c3cc(I)c(O)c(I)c3)CC2)cc(I)c1O. The predicted molar refractivity (Wildman–Crippen MR) is 221 cm³/mol. The van der Waals surface area contributed by atoms with Gasteiger partial charge in [0.2, 0.25) is 0 Å². The van der Waals surface area contributed by atoms with E-state index in [4.69, 9.17) is 0 Å². The number of hydrogen-bond donors (Lipinski definition) is 3. The van der Waals surface area contributed by atoms with Gasteiger partial charge in [-0.25, -0.2) is 0 Å². The van der Waals surface area contributed by atoms with Crippen LogP contribution >= 0.6 is 136 Å². The topological polar surface area (TPSA) is 60.7 Å². The van der Waals surface area contributed by atoms with Crippen LogP contribution in [0.2, 0.25) is 0 Å². The number of rotatable bonds is 4. The van der Waals surface area contributed by atoms with E-state index in [2.05, 4.69) is 191 Å². The Morgan fingerprint density at radius 2 is 0.690 bits per heavy atom. The number of phenols is 3. The Morgan fingerprint density at radius 3 is 1.00 bits per heavy atom. The van der Waals surface area contributed by atoms with Crippen molar-refractivity contribution in [2.45, 2.75) is 57.3 Å². The summed E-state index contributed by atoms with van der Waals surface area (Å²) < 4.78 is 5.96. The summed E-state index contributed by atoms with van der Waals surface area (Å²) in [5.41, 5.74) is 7.54. The van der Waals surface area contributed by atoms with E-state index in [1.165, 1.54) is 35.0 Å². The van der Waals surface area contributed by atoms with Gasteiger partial charge in [-0.1, -0.05) is 12.1 Å². The molecule has 0 radical (unpaired) electrons. The van der Waals surface area contributed by atoms with E-state index in [1.54, 1.807) is 0 Å². The van der Waals surface area contributed by atoms with Crippen molar-refractivity contribution in [2.75, 3.05) is 0 Å². The maximum absolute atomic E-state index is 10.7. The van der Waals surface area contributed by atoms with Crippen molar-refractivity contribution < 1.29 is 15.3 Å². The second-order valence-electron chi connectivity index (χ2n) is 11.3. The molecule has 0 aliphatic heterocycles. The van der Waals surface area contributed by atoms with E-state index in [-0.39, 0.29) is 10.8 Å². The van der Waals surface area contributed by atoms with Crippen LogP contribution in [0.15, 0.2) is 48.5 Å². The molecule has 0 spiro atoms. The summed E-state index contributed by atoms with van der Waals surface area (Å²) in [6, 6.07) is 17.7. The number of benzene rings is 4. The van der Waals surface area contributed by atoms with Gasteiger partial charge in [-0.05, 0) is 257 Å². The lowest BCUT2D eigenvalue weighted by Crippen LogP contribution is -2.41. The van der Waals surface area contributed by atoms with Crippen LogP contribution in [0.5, 0.6) is 17.2 Å². The Kier molecular flexibility index (Phi) is 10.6. The summed E-state index contributed by atoms with van der Waals surface area (Å²) in [6.07, 6.45) is 3.60. The molecule has 0 saturated heterocycles. The fraction of sp³-hybridized carbons (Fsp3) is 0.273. The first-order valence-electron chi connectivity index (χ1n) is 13.3. The van der Waals surface area contributed by atoms with Crippen molar-refractivity contribution in [3.8, 4) is 17.2 Å². The molecule has 5 rings (SSSR count). The molecule has 9 heteroatoms. The van der Waals surface area contributed by atoms with Crippen LogP contribution in [-0.2, 0) is 10.8 Å². The molecule has 0 unspecified atom stereocenters. The highest BCUT2D eigenvalue weighted by molar-refractivity contribution is 14.1. The van der Waals surface area contributed by atoms with Gasteiger partial charge in [0.25, 0.3) is 0 Å². The lowest BCUT2D eigenvalue weighted by atomic mass is 9.55. The number of aryl methyl sites for hydroxylation is 2. The van der Waals surface area contributed by atoms with Gasteiger partial charge in [0.1, 0.15) is 17.2 Å². The van der Waals surface area contributed by atoms with Gasteiger partial charge < -0.3 is 15.3 Å². The Hall–Kier alpha value is 0.660. The lowest BCUT2D eigenvalue weighted by molar-refractivity contribution is 0.255. The highest BCUT2D eigenvalue weighted by Gasteiger charge is 2.47. The van der Waals surface area contributed by atoms with Gasteiger partial charge >= 0.3 is 0 Å². The minimum atomic E-state index is -0.292. The summed E-state index contributed by atoms with van der Waals surface area (Å²) in [5, 5.41) is 32.0. The normalized spacial score (nSPS) is 20.6. The molecule has 0 aromatic heterocycles. The average Bonchev–Trinajstić information content (AvgIpc) is 2.95. The predicted octanol–water partition coefficient (Wildman–Crippen LogP) is 11.2. The van der Waals surface area contributed by atoms with Crippen LogP contribution in [0, 0.1) is 42.2 Å². The highest BCUT2D eigenvalue weighted by Crippen LogP contribution is 2.56. The van der Waals surface area contributed by atoms with Gasteiger partial charge in [-0.2, -0.15) is 0 Å². The molecule has 4 aromatic rings. The van der Waals surface area contributed by atoms with Crippen LogP contribution in [0.1, 0.15) is 64.6 Å². The van der Waals surface area contributed by atoms with Crippen LogP contribution in [0.25, 0.3) is 0 Å². The number of halogens is 6. The zero-order valence-electron chi connectivity index (χ0n) is 23.1. The first kappa shape index (κ1) is 34.0. The molecular formula is C33H28I6O3. The number of hydrogen-bond acceptors (Lipinski definition) is 3. The van der Waals surface area contributed by atoms with Crippen molar-refractivity contribution in [3.63, 3.8) is 0 Å². The largest absolute Gasteiger partial charge is 0.507 e. The highest BCUT2D eigenvalue weighted by atomic mass is 127. The Morgan fingerprint density at radius 1 is 0.429 bits per heavy atom. The maximum atomic E-state index is 10.7.